The van der Waals surface area contributed by atoms with Crippen LogP contribution in [0.2, 0.25) is 0 Å². The molecule has 34 heavy (non-hydrogen) atoms. The van der Waals surface area contributed by atoms with Crippen molar-refractivity contribution in [2.75, 3.05) is 13.1 Å². The van der Waals surface area contributed by atoms with E-state index >= 15 is 0 Å². The summed E-state index contributed by atoms with van der Waals surface area (Å²) in [6.45, 7) is 1.70. The van der Waals surface area contributed by atoms with Gasteiger partial charge in [-0.15, -0.1) is 0 Å². The number of amides is 1. The summed E-state index contributed by atoms with van der Waals surface area (Å²) >= 11 is 0. The zero-order chi connectivity index (χ0) is 23.5. The van der Waals surface area contributed by atoms with Crippen LogP contribution in [0.1, 0.15) is 33.7 Å². The minimum atomic E-state index is -0.544. The highest BCUT2D eigenvalue weighted by molar-refractivity contribution is 5.95. The van der Waals surface area contributed by atoms with E-state index in [9.17, 15) is 14.0 Å². The first-order valence-electron chi connectivity index (χ1n) is 11.3. The molecule has 5 rings (SSSR count). The third-order valence-corrected chi connectivity index (χ3v) is 6.18. The van der Waals surface area contributed by atoms with Crippen molar-refractivity contribution < 1.29 is 9.18 Å². The molecule has 1 fully saturated rings. The first-order chi connectivity index (χ1) is 16.6. The Hall–Kier alpha value is -3.91. The number of H-pyrrole nitrogens is 1. The van der Waals surface area contributed by atoms with Gasteiger partial charge in [0, 0.05) is 43.7 Å². The summed E-state index contributed by atoms with van der Waals surface area (Å²) in [6.07, 6.45) is 2.92. The zero-order valence-electron chi connectivity index (χ0n) is 18.5. The van der Waals surface area contributed by atoms with Crippen LogP contribution in [-0.4, -0.2) is 45.1 Å². The van der Waals surface area contributed by atoms with Crippen molar-refractivity contribution in [3.63, 3.8) is 0 Å². The molecule has 0 bridgehead atoms. The highest BCUT2D eigenvalue weighted by Gasteiger charge is 2.28. The molecule has 2 aromatic heterocycles. The van der Waals surface area contributed by atoms with Gasteiger partial charge >= 0.3 is 0 Å². The van der Waals surface area contributed by atoms with Crippen LogP contribution in [0, 0.1) is 5.82 Å². The molecule has 3 heterocycles. The minimum Gasteiger partial charge on any atom is -0.337 e. The van der Waals surface area contributed by atoms with Gasteiger partial charge < -0.3 is 10.2 Å². The highest BCUT2D eigenvalue weighted by Crippen LogP contribution is 2.21. The third-order valence-electron chi connectivity index (χ3n) is 6.18. The van der Waals surface area contributed by atoms with Crippen molar-refractivity contribution >= 4 is 16.7 Å². The number of fused-ring (bicyclic) bond motifs is 1. The van der Waals surface area contributed by atoms with Crippen molar-refractivity contribution in [1.29, 1.82) is 0 Å². The average molecular weight is 458 g/mol. The Balaban J connectivity index is 1.30. The average Bonchev–Trinajstić information content (AvgIpc) is 3.35. The number of halogens is 1. The Morgan fingerprint density at radius 3 is 2.76 bits per heavy atom. The van der Waals surface area contributed by atoms with Crippen molar-refractivity contribution in [1.82, 2.24) is 25.4 Å². The van der Waals surface area contributed by atoms with Crippen LogP contribution >= 0.6 is 0 Å². The summed E-state index contributed by atoms with van der Waals surface area (Å²) in [5.41, 5.74) is 2.15. The predicted molar refractivity (Wildman–Crippen MR) is 127 cm³/mol. The predicted octanol–water partition coefficient (Wildman–Crippen LogP) is 3.05. The molecule has 2 N–H and O–H groups in total. The van der Waals surface area contributed by atoms with Crippen LogP contribution in [0.5, 0.6) is 0 Å². The first-order valence-corrected chi connectivity index (χ1v) is 11.3. The molecule has 4 aromatic rings. The van der Waals surface area contributed by atoms with Gasteiger partial charge in [0.2, 0.25) is 0 Å². The Morgan fingerprint density at radius 1 is 1.12 bits per heavy atom. The molecule has 1 amide bonds. The lowest BCUT2D eigenvalue weighted by Crippen LogP contribution is -2.35. The number of benzene rings is 2. The first kappa shape index (κ1) is 21.9. The third kappa shape index (κ3) is 4.58. The maximum Gasteiger partial charge on any atom is 0.272 e. The second kappa shape index (κ2) is 9.52. The number of hydrogen-bond acceptors (Lipinski definition) is 5. The Labute approximate surface area is 195 Å². The van der Waals surface area contributed by atoms with Crippen LogP contribution in [-0.2, 0) is 13.0 Å². The molecule has 7 nitrogen and oxygen atoms in total. The molecule has 1 aliphatic heterocycles. The highest BCUT2D eigenvalue weighted by atomic mass is 19.1. The van der Waals surface area contributed by atoms with E-state index in [1.807, 2.05) is 30.3 Å². The van der Waals surface area contributed by atoms with Crippen LogP contribution in [0.15, 0.2) is 71.7 Å². The maximum atomic E-state index is 14.7. The van der Waals surface area contributed by atoms with Crippen molar-refractivity contribution in [3.05, 3.63) is 106 Å². The van der Waals surface area contributed by atoms with Gasteiger partial charge in [0.15, 0.2) is 0 Å². The molecule has 0 spiro atoms. The monoisotopic (exact) mass is 457 g/mol. The molecule has 0 saturated carbocycles. The summed E-state index contributed by atoms with van der Waals surface area (Å²) < 4.78 is 14.7. The van der Waals surface area contributed by atoms with Crippen molar-refractivity contribution in [2.45, 2.75) is 25.4 Å². The minimum absolute atomic E-state index is 0.0524. The summed E-state index contributed by atoms with van der Waals surface area (Å²) in [6, 6.07) is 17.7. The lowest BCUT2D eigenvalue weighted by molar-refractivity contribution is 0.0784. The molecule has 1 aliphatic rings. The van der Waals surface area contributed by atoms with Gasteiger partial charge in [-0.25, -0.2) is 9.49 Å². The Kier molecular flexibility index (Phi) is 6.14. The van der Waals surface area contributed by atoms with Gasteiger partial charge in [-0.1, -0.05) is 30.3 Å². The SMILES string of the molecule is O=C(c1cc(Cc2n[nH]c(=O)c3ccccc23)ccc1F)N1CC[C@H](NCc2ccccn2)C1. The van der Waals surface area contributed by atoms with E-state index in [0.29, 0.717) is 37.1 Å². The molecular formula is C26H24FN5O2. The normalized spacial score (nSPS) is 15.7. The number of pyridine rings is 1. The number of likely N-dealkylation sites (tertiary alicyclic amines) is 1. The summed E-state index contributed by atoms with van der Waals surface area (Å²) in [5.74, 6) is -0.862. The van der Waals surface area contributed by atoms with E-state index in [1.54, 1.807) is 35.4 Å². The Morgan fingerprint density at radius 2 is 1.94 bits per heavy atom. The van der Waals surface area contributed by atoms with Gasteiger partial charge in [0.1, 0.15) is 5.82 Å². The fourth-order valence-electron chi connectivity index (χ4n) is 4.38. The van der Waals surface area contributed by atoms with Gasteiger partial charge in [0.25, 0.3) is 11.5 Å². The van der Waals surface area contributed by atoms with Crippen molar-refractivity contribution in [3.8, 4) is 0 Å². The van der Waals surface area contributed by atoms with E-state index in [0.717, 1.165) is 23.1 Å². The molecule has 1 atom stereocenters. The number of hydrogen-bond donors (Lipinski definition) is 2. The summed E-state index contributed by atoms with van der Waals surface area (Å²) in [4.78, 5) is 31.2. The smallest absolute Gasteiger partial charge is 0.272 e. The van der Waals surface area contributed by atoms with E-state index in [1.165, 1.54) is 6.07 Å². The van der Waals surface area contributed by atoms with E-state index in [-0.39, 0.29) is 23.1 Å². The molecular weight excluding hydrogens is 433 g/mol. The standard InChI is InChI=1S/C26H24FN5O2/c27-23-9-8-17(14-24-20-6-1-2-7-21(20)25(33)31-30-24)13-22(23)26(34)32-12-10-19(16-32)29-15-18-5-3-4-11-28-18/h1-9,11,13,19,29H,10,12,14-16H2,(H,31,33)/t19-/m0/s1. The number of carbonyl (C=O) groups is 1. The molecule has 8 heteroatoms. The van der Waals surface area contributed by atoms with Gasteiger partial charge in [0.05, 0.1) is 22.3 Å². The van der Waals surface area contributed by atoms with Crippen LogP contribution < -0.4 is 10.9 Å². The molecule has 0 unspecified atom stereocenters. The fourth-order valence-corrected chi connectivity index (χ4v) is 4.38. The second-order valence-electron chi connectivity index (χ2n) is 8.47. The number of aromatic amines is 1. The van der Waals surface area contributed by atoms with Crippen LogP contribution in [0.3, 0.4) is 0 Å². The number of aromatic nitrogens is 3. The topological polar surface area (TPSA) is 91.0 Å². The number of carbonyl (C=O) groups excluding carboxylic acids is 1. The Bertz CT molecular complexity index is 1390. The van der Waals surface area contributed by atoms with Crippen molar-refractivity contribution in [2.24, 2.45) is 0 Å². The van der Waals surface area contributed by atoms with Gasteiger partial charge in [-0.2, -0.15) is 5.10 Å². The lowest BCUT2D eigenvalue weighted by Gasteiger charge is -2.18. The molecule has 0 aliphatic carbocycles. The summed E-state index contributed by atoms with van der Waals surface area (Å²) in [5, 5.41) is 11.4. The number of nitrogens with zero attached hydrogens (tertiary/aromatic N) is 3. The summed E-state index contributed by atoms with van der Waals surface area (Å²) in [7, 11) is 0. The quantitative estimate of drug-likeness (QED) is 0.465. The maximum absolute atomic E-state index is 14.7. The van der Waals surface area contributed by atoms with E-state index in [2.05, 4.69) is 20.5 Å². The van der Waals surface area contributed by atoms with Crippen LogP contribution in [0.25, 0.3) is 10.8 Å². The van der Waals surface area contributed by atoms with Gasteiger partial charge in [-0.3, -0.25) is 14.6 Å². The molecule has 0 radical (unpaired) electrons. The van der Waals surface area contributed by atoms with Crippen LogP contribution in [0.4, 0.5) is 4.39 Å². The van der Waals surface area contributed by atoms with E-state index in [4.69, 9.17) is 0 Å². The van der Waals surface area contributed by atoms with E-state index < -0.39 is 5.82 Å². The van der Waals surface area contributed by atoms with Gasteiger partial charge in [-0.05, 0) is 42.3 Å². The fraction of sp³-hybridized carbons (Fsp3) is 0.231. The lowest BCUT2D eigenvalue weighted by atomic mass is 10.0. The second-order valence-corrected chi connectivity index (χ2v) is 8.47. The zero-order valence-corrected chi connectivity index (χ0v) is 18.5. The molecule has 172 valence electrons. The number of rotatable bonds is 6. The largest absolute Gasteiger partial charge is 0.337 e. The number of nitrogens with one attached hydrogen (secondary N) is 2. The molecule has 1 saturated heterocycles. The molecule has 2 aromatic carbocycles.